The van der Waals surface area contributed by atoms with Gasteiger partial charge < -0.3 is 24.4 Å². The molecule has 246 valence electrons. The molecule has 0 unspecified atom stereocenters. The zero-order chi connectivity index (χ0) is 33.4. The van der Waals surface area contributed by atoms with Crippen LogP contribution in [0.2, 0.25) is 44.1 Å². The molecule has 0 radical (unpaired) electrons. The summed E-state index contributed by atoms with van der Waals surface area (Å²) in [6.45, 7) is 32.3. The molecule has 0 N–H and O–H groups in total. The van der Waals surface area contributed by atoms with Crippen molar-refractivity contribution in [2.75, 3.05) is 26.4 Å². The molecule has 5 nitrogen and oxygen atoms in total. The molecule has 11 heteroatoms. The summed E-state index contributed by atoms with van der Waals surface area (Å²) in [7, 11) is -6.39. The van der Waals surface area contributed by atoms with Gasteiger partial charge in [0.2, 0.25) is 0 Å². The van der Waals surface area contributed by atoms with Gasteiger partial charge in [-0.15, -0.1) is 17.1 Å². The first-order valence-corrected chi connectivity index (χ1v) is 25.2. The maximum atomic E-state index is 5.46. The van der Waals surface area contributed by atoms with E-state index in [0.29, 0.717) is 4.79 Å². The van der Waals surface area contributed by atoms with E-state index in [4.69, 9.17) is 24.4 Å². The first kappa shape index (κ1) is 50.8. The van der Waals surface area contributed by atoms with E-state index < -0.39 is 24.7 Å². The van der Waals surface area contributed by atoms with Gasteiger partial charge in [0.05, 0.1) is 0 Å². The van der Waals surface area contributed by atoms with Crippen LogP contribution in [0.3, 0.4) is 0 Å². The molecule has 0 aliphatic rings. The van der Waals surface area contributed by atoms with Crippen LogP contribution in [-0.4, -0.2) is 51.1 Å². The number of nitrogens with zero attached hydrogens (tertiary/aromatic N) is 3. The molecule has 3 aromatic rings. The molecular weight excluding hydrogens is 611 g/mol. The molecule has 0 spiro atoms. The van der Waals surface area contributed by atoms with Crippen molar-refractivity contribution >= 4 is 41.8 Å². The number of hydrogen-bond acceptors (Lipinski definition) is 2. The topological polar surface area (TPSA) is 60.8 Å². The second kappa shape index (κ2) is 25.4. The fourth-order valence-electron chi connectivity index (χ4n) is 6.05. The standard InChI is InChI=1S/C28H40N3Si3.2C4H10O.3Li/c1-22-10-16-25(17-11-22)29-32(4,5)28(33(6,7)30-26-18-12-23(2)13-19-26)34(8,9)31-27-20-14-24(3)15-21-27;2*1-3-5-4-2;;;/h10-21,28H,1-9H3;2*3-4H2,1-2H3;;;/q-3;;;3*+1. The Morgan fingerprint density at radius 2 is 0.617 bits per heavy atom. The minimum Gasteiger partial charge on any atom is -0.687 e. The predicted octanol–water partition coefficient (Wildman–Crippen LogP) is 3.19. The summed E-state index contributed by atoms with van der Waals surface area (Å²) in [4.78, 5) is 16.8. The summed E-state index contributed by atoms with van der Waals surface area (Å²) in [6, 6.07) is 26.0. The molecule has 0 aliphatic carbocycles. The van der Waals surface area contributed by atoms with Gasteiger partial charge in [-0.3, -0.25) is 0 Å². The zero-order valence-electron chi connectivity index (χ0n) is 33.0. The van der Waals surface area contributed by atoms with Gasteiger partial charge in [0.1, 0.15) is 0 Å². The zero-order valence-corrected chi connectivity index (χ0v) is 36.0. The number of hydrogen-bond donors (Lipinski definition) is 0. The van der Waals surface area contributed by atoms with E-state index >= 15 is 0 Å². The fourth-order valence-corrected chi connectivity index (χ4v) is 30.8. The van der Waals surface area contributed by atoms with E-state index in [-0.39, 0.29) is 56.6 Å². The van der Waals surface area contributed by atoms with Crippen molar-refractivity contribution in [1.29, 1.82) is 0 Å². The van der Waals surface area contributed by atoms with Gasteiger partial charge in [-0.05, 0) is 48.5 Å². The molecule has 0 amide bonds. The number of benzene rings is 3. The summed E-state index contributed by atoms with van der Waals surface area (Å²) in [5.41, 5.74) is 7.07. The Morgan fingerprint density at radius 3 is 0.766 bits per heavy atom. The smallest absolute Gasteiger partial charge is 0.687 e. The van der Waals surface area contributed by atoms with Crippen LogP contribution in [0.25, 0.3) is 14.9 Å². The summed E-state index contributed by atoms with van der Waals surface area (Å²) < 4.78 is 9.67. The van der Waals surface area contributed by atoms with Crippen molar-refractivity contribution in [2.45, 2.75) is 92.5 Å². The Kier molecular flexibility index (Phi) is 27.4. The molecule has 0 fully saturated rings. The van der Waals surface area contributed by atoms with Crippen LogP contribution in [0.1, 0.15) is 44.4 Å². The average molecular weight is 672 g/mol. The van der Waals surface area contributed by atoms with Crippen molar-refractivity contribution < 1.29 is 66.1 Å². The molecule has 0 atom stereocenters. The van der Waals surface area contributed by atoms with Gasteiger partial charge in [0.15, 0.2) is 0 Å². The fraction of sp³-hybridized carbons (Fsp3) is 0.500. The molecule has 47 heavy (non-hydrogen) atoms. The van der Waals surface area contributed by atoms with Crippen molar-refractivity contribution in [3.8, 4) is 0 Å². The average Bonchev–Trinajstić information content (AvgIpc) is 2.93. The van der Waals surface area contributed by atoms with Gasteiger partial charge in [0, 0.05) is 26.4 Å². The number of ether oxygens (including phenoxy) is 2. The van der Waals surface area contributed by atoms with E-state index in [1.165, 1.54) is 16.7 Å². The van der Waals surface area contributed by atoms with Crippen LogP contribution in [-0.2, 0) is 9.47 Å². The van der Waals surface area contributed by atoms with E-state index in [1.807, 2.05) is 27.7 Å². The first-order valence-electron chi connectivity index (χ1n) is 16.2. The van der Waals surface area contributed by atoms with Crippen molar-refractivity contribution in [2.24, 2.45) is 0 Å². The van der Waals surface area contributed by atoms with Gasteiger partial charge >= 0.3 is 56.6 Å². The second-order valence-electron chi connectivity index (χ2n) is 12.8. The molecule has 3 rings (SSSR count). The third-order valence-corrected chi connectivity index (χ3v) is 26.7. The van der Waals surface area contributed by atoms with Crippen LogP contribution in [0.4, 0.5) is 17.1 Å². The number of rotatable bonds is 13. The van der Waals surface area contributed by atoms with Crippen LogP contribution in [0.15, 0.2) is 72.8 Å². The van der Waals surface area contributed by atoms with E-state index in [2.05, 4.69) is 133 Å². The molecule has 0 heterocycles. The van der Waals surface area contributed by atoms with E-state index in [0.717, 1.165) is 43.5 Å². The third kappa shape index (κ3) is 19.4. The van der Waals surface area contributed by atoms with Crippen molar-refractivity contribution in [1.82, 2.24) is 0 Å². The summed E-state index contributed by atoms with van der Waals surface area (Å²) in [6.07, 6.45) is 0. The van der Waals surface area contributed by atoms with Gasteiger partial charge in [0.25, 0.3) is 0 Å². The molecular formula is C36H60Li3N3O2Si3. The summed E-state index contributed by atoms with van der Waals surface area (Å²) >= 11 is 0. The van der Waals surface area contributed by atoms with Crippen molar-refractivity contribution in [3.63, 3.8) is 0 Å². The van der Waals surface area contributed by atoms with Gasteiger partial charge in [-0.1, -0.05) is 158 Å². The Morgan fingerprint density at radius 1 is 0.426 bits per heavy atom. The molecule has 0 bridgehead atoms. The van der Waals surface area contributed by atoms with Crippen molar-refractivity contribution in [3.05, 3.63) is 104 Å². The Hall–Kier alpha value is -0.577. The number of aryl methyl sites for hydroxylation is 3. The summed E-state index contributed by atoms with van der Waals surface area (Å²) in [5, 5.41) is 0. The monoisotopic (exact) mass is 671 g/mol. The Balaban J connectivity index is -0.00000130. The van der Waals surface area contributed by atoms with Gasteiger partial charge in [-0.2, -0.15) is 0 Å². The van der Waals surface area contributed by atoms with Crippen LogP contribution in [0.5, 0.6) is 0 Å². The summed E-state index contributed by atoms with van der Waals surface area (Å²) in [5.74, 6) is 0. The third-order valence-electron chi connectivity index (χ3n) is 7.29. The quantitative estimate of drug-likeness (QED) is 0.262. The molecule has 3 aromatic carbocycles. The van der Waals surface area contributed by atoms with Crippen LogP contribution >= 0.6 is 0 Å². The van der Waals surface area contributed by atoms with Crippen LogP contribution < -0.4 is 56.6 Å². The second-order valence-corrected chi connectivity index (χ2v) is 26.9. The minimum absolute atomic E-state index is 0. The normalized spacial score (nSPS) is 10.9. The molecule has 0 saturated heterocycles. The Bertz CT molecular complexity index is 1050. The van der Waals surface area contributed by atoms with E-state index in [1.54, 1.807) is 0 Å². The maximum absolute atomic E-state index is 5.46. The Labute approximate surface area is 328 Å². The molecule has 0 aromatic heterocycles. The maximum Gasteiger partial charge on any atom is 1.00 e. The SMILES string of the molecule is CCOCC.CCOCC.Cc1ccc([N-][Si](C)(C)C([Si](C)(C)[N-]c2ccc(C)cc2)[Si](C)(C)[N-]c2ccc(C)cc2)cc1.[Li+].[Li+].[Li+]. The molecule has 0 aliphatic heterocycles. The molecule has 0 saturated carbocycles. The minimum atomic E-state index is -2.13. The van der Waals surface area contributed by atoms with Crippen LogP contribution in [0, 0.1) is 20.8 Å². The van der Waals surface area contributed by atoms with Gasteiger partial charge in [-0.25, -0.2) is 0 Å². The van der Waals surface area contributed by atoms with E-state index in [9.17, 15) is 0 Å². The largest absolute Gasteiger partial charge is 1.00 e. The first-order chi connectivity index (χ1) is 20.6. The predicted molar refractivity (Wildman–Crippen MR) is 203 cm³/mol.